The summed E-state index contributed by atoms with van der Waals surface area (Å²) in [6.07, 6.45) is 3.36. The minimum atomic E-state index is -0.346. The lowest BCUT2D eigenvalue weighted by Gasteiger charge is -2.47. The normalized spacial score (nSPS) is 18.3. The van der Waals surface area contributed by atoms with Crippen LogP contribution < -0.4 is 23.7 Å². The molecular weight excluding hydrogens is 729 g/mol. The number of methoxy groups -OCH3 is 3. The zero-order valence-electron chi connectivity index (χ0n) is 34.3. The van der Waals surface area contributed by atoms with Gasteiger partial charge in [0.1, 0.15) is 19.0 Å². The molecule has 14 heteroatoms. The van der Waals surface area contributed by atoms with Crippen LogP contribution in [0.5, 0.6) is 28.7 Å². The summed E-state index contributed by atoms with van der Waals surface area (Å²) in [5.41, 5.74) is 6.02. The maximum Gasteiger partial charge on any atom is 0.306 e. The summed E-state index contributed by atoms with van der Waals surface area (Å²) in [6, 6.07) is 1.62. The second-order valence-corrected chi connectivity index (χ2v) is 14.4. The van der Waals surface area contributed by atoms with Crippen molar-refractivity contribution >= 4 is 17.7 Å². The summed E-state index contributed by atoms with van der Waals surface area (Å²) < 4.78 is 58.8. The lowest BCUT2D eigenvalue weighted by Crippen LogP contribution is -2.51. The second kappa shape index (κ2) is 22.5. The predicted octanol–water partition coefficient (Wildman–Crippen LogP) is 6.04. The van der Waals surface area contributed by atoms with Crippen LogP contribution in [0.25, 0.3) is 0 Å². The predicted molar refractivity (Wildman–Crippen MR) is 213 cm³/mol. The first-order chi connectivity index (χ1) is 26.8. The number of hydrogen-bond acceptors (Lipinski definition) is 14. The van der Waals surface area contributed by atoms with Crippen molar-refractivity contribution in [2.75, 3.05) is 107 Å². The summed E-state index contributed by atoms with van der Waals surface area (Å²) in [4.78, 5) is 18.0. The number of rotatable bonds is 21. The van der Waals surface area contributed by atoms with Gasteiger partial charge >= 0.3 is 5.97 Å². The summed E-state index contributed by atoms with van der Waals surface area (Å²) >= 11 is 1.55. The molecule has 3 unspecified atom stereocenters. The fourth-order valence-electron chi connectivity index (χ4n) is 7.60. The molecule has 0 aromatic heterocycles. The average molecular weight is 791 g/mol. The van der Waals surface area contributed by atoms with Gasteiger partial charge in [0, 0.05) is 54.8 Å². The number of likely N-dealkylation sites (N-methyl/N-ethyl adjacent to an activating group) is 1. The molecule has 0 saturated carbocycles. The number of carbonyl (C=O) groups excluding carboxylic acids is 1. The number of ether oxygens (including phenoxy) is 10. The van der Waals surface area contributed by atoms with Crippen LogP contribution in [-0.4, -0.2) is 129 Å². The summed E-state index contributed by atoms with van der Waals surface area (Å²) in [6.45, 7) is 15.2. The molecule has 13 nitrogen and oxygen atoms in total. The van der Waals surface area contributed by atoms with Gasteiger partial charge in [-0.1, -0.05) is 32.6 Å². The molecule has 308 valence electrons. The Hall–Kier alpha value is -3.24. The Bertz CT molecular complexity index is 1560. The first-order valence-corrected chi connectivity index (χ1v) is 20.2. The molecule has 0 bridgehead atoms. The molecule has 3 aliphatic rings. The number of thioether (sulfide) groups is 1. The van der Waals surface area contributed by atoms with Crippen LogP contribution in [0.3, 0.4) is 0 Å². The molecule has 0 fully saturated rings. The molecule has 3 atom stereocenters. The van der Waals surface area contributed by atoms with E-state index >= 15 is 0 Å². The maximum absolute atomic E-state index is 13.3. The summed E-state index contributed by atoms with van der Waals surface area (Å²) in [5.74, 6) is 4.24. The Kier molecular flexibility index (Phi) is 18.2. The van der Waals surface area contributed by atoms with Crippen LogP contribution in [0, 0.1) is 13.8 Å². The third-order valence-electron chi connectivity index (χ3n) is 9.83. The Morgan fingerprint density at radius 3 is 2.40 bits per heavy atom. The van der Waals surface area contributed by atoms with Crippen molar-refractivity contribution in [3.63, 3.8) is 0 Å². The third kappa shape index (κ3) is 10.6. The molecule has 2 aromatic rings. The lowest BCUT2D eigenvalue weighted by molar-refractivity contribution is -0.145. The zero-order valence-corrected chi connectivity index (χ0v) is 35.1. The molecular formula is C41H62N2O11S. The number of aryl methyl sites for hydroxylation is 1. The Morgan fingerprint density at radius 1 is 0.982 bits per heavy atom. The van der Waals surface area contributed by atoms with Crippen LogP contribution in [-0.2, 0) is 41.3 Å². The highest BCUT2D eigenvalue weighted by atomic mass is 32.2. The van der Waals surface area contributed by atoms with Crippen LogP contribution >= 0.6 is 11.8 Å². The second-order valence-electron chi connectivity index (χ2n) is 13.3. The molecule has 0 radical (unpaired) electrons. The van der Waals surface area contributed by atoms with Gasteiger partial charge in [-0.2, -0.15) is 0 Å². The van der Waals surface area contributed by atoms with E-state index in [2.05, 4.69) is 36.5 Å². The molecule has 0 spiro atoms. The average Bonchev–Trinajstić information content (AvgIpc) is 3.61. The Labute approximate surface area is 331 Å². The molecule has 5 rings (SSSR count). The molecule has 0 amide bonds. The number of nitrogens with zero attached hydrogens (tertiary/aromatic N) is 2. The van der Waals surface area contributed by atoms with E-state index in [-0.39, 0.29) is 50.7 Å². The maximum atomic E-state index is 13.3. The molecule has 3 heterocycles. The number of fused-ring (bicyclic) bond motifs is 5. The van der Waals surface area contributed by atoms with Gasteiger partial charge in [0.25, 0.3) is 0 Å². The highest BCUT2D eigenvalue weighted by Crippen LogP contribution is 2.56. The van der Waals surface area contributed by atoms with Crippen LogP contribution in [0.2, 0.25) is 0 Å². The molecule has 0 saturated heterocycles. The van der Waals surface area contributed by atoms with Crippen LogP contribution in [0.4, 0.5) is 0 Å². The number of esters is 1. The van der Waals surface area contributed by atoms with Crippen molar-refractivity contribution in [2.45, 2.75) is 65.1 Å². The van der Waals surface area contributed by atoms with Gasteiger partial charge in [0.2, 0.25) is 6.79 Å². The van der Waals surface area contributed by atoms with Gasteiger partial charge in [-0.3, -0.25) is 9.69 Å². The van der Waals surface area contributed by atoms with Crippen molar-refractivity contribution in [3.8, 4) is 28.7 Å². The van der Waals surface area contributed by atoms with E-state index in [0.29, 0.717) is 80.7 Å². The Morgan fingerprint density at radius 2 is 1.71 bits per heavy atom. The van der Waals surface area contributed by atoms with E-state index in [1.807, 2.05) is 27.7 Å². The number of benzene rings is 2. The van der Waals surface area contributed by atoms with E-state index in [0.717, 1.165) is 45.6 Å². The zero-order chi connectivity index (χ0) is 39.9. The first-order valence-electron chi connectivity index (χ1n) is 19.1. The van der Waals surface area contributed by atoms with Crippen LogP contribution in [0.15, 0.2) is 18.7 Å². The molecule has 0 N–H and O–H groups in total. The first kappa shape index (κ1) is 44.5. The van der Waals surface area contributed by atoms with Crippen molar-refractivity contribution < 1.29 is 52.2 Å². The topological polar surface area (TPSA) is 116 Å². The van der Waals surface area contributed by atoms with E-state index in [1.165, 1.54) is 0 Å². The summed E-state index contributed by atoms with van der Waals surface area (Å²) in [7, 11) is 9.13. The smallest absolute Gasteiger partial charge is 0.306 e. The van der Waals surface area contributed by atoms with E-state index in [4.69, 9.17) is 47.4 Å². The molecule has 55 heavy (non-hydrogen) atoms. The van der Waals surface area contributed by atoms with E-state index < -0.39 is 0 Å². The SMILES string of the molecule is C=CCOc1c(C)c2c(c3c1CC1C(N(C)C)c4c(cc(C)c(OC)c4OCOCCOC)CCN1C3COC(=O)CCSCOCCOC)OCO2.CC. The quantitative estimate of drug-likeness (QED) is 0.0633. The highest BCUT2D eigenvalue weighted by molar-refractivity contribution is 7.99. The van der Waals surface area contributed by atoms with Crippen LogP contribution in [0.1, 0.15) is 65.7 Å². The monoisotopic (exact) mass is 790 g/mol. The van der Waals surface area contributed by atoms with Gasteiger partial charge in [-0.15, -0.1) is 11.8 Å². The van der Waals surface area contributed by atoms with Gasteiger partial charge in [-0.25, -0.2) is 0 Å². The minimum Gasteiger partial charge on any atom is -0.493 e. The standard InChI is InChI=1S/C39H56N2O11S.C2H6/c1-9-13-48-36-26(3)37-39(52-23-51-37)33-28(36)20-29-34(40(4)5)32-27(19-25(2)35(45-8)38(32)50-22-46-16-14-43-6)10-12-41(29)30(33)21-49-31(42)11-18-53-24-47-17-15-44-7;1-2/h9,19,29-30,34H,1,10-18,20-24H2,2-8H3;1-2H3. The van der Waals surface area contributed by atoms with Crippen molar-refractivity contribution in [3.05, 3.63) is 52.1 Å². The van der Waals surface area contributed by atoms with E-state index in [1.54, 1.807) is 39.2 Å². The van der Waals surface area contributed by atoms with Crippen molar-refractivity contribution in [2.24, 2.45) is 0 Å². The van der Waals surface area contributed by atoms with Crippen molar-refractivity contribution in [1.82, 2.24) is 9.80 Å². The minimum absolute atomic E-state index is 0.0470. The van der Waals surface area contributed by atoms with Crippen molar-refractivity contribution in [1.29, 1.82) is 0 Å². The molecule has 0 aliphatic carbocycles. The highest BCUT2D eigenvalue weighted by Gasteiger charge is 2.48. The Balaban J connectivity index is 0.00000331. The largest absolute Gasteiger partial charge is 0.493 e. The molecule has 3 aliphatic heterocycles. The third-order valence-corrected chi connectivity index (χ3v) is 10.7. The van der Waals surface area contributed by atoms with Gasteiger partial charge in [0.15, 0.2) is 29.8 Å². The molecule has 2 aromatic carbocycles. The fraction of sp³-hybridized carbons (Fsp3) is 0.634. The summed E-state index contributed by atoms with van der Waals surface area (Å²) in [5, 5.41) is 0. The van der Waals surface area contributed by atoms with E-state index in [9.17, 15) is 4.79 Å². The van der Waals surface area contributed by atoms with Gasteiger partial charge in [0.05, 0.1) is 58.0 Å². The lowest BCUT2D eigenvalue weighted by atomic mass is 9.81. The number of carbonyl (C=O) groups is 1. The van der Waals surface area contributed by atoms with Gasteiger partial charge < -0.3 is 52.3 Å². The van der Waals surface area contributed by atoms with Gasteiger partial charge in [-0.05, 0) is 51.9 Å². The number of hydrogen-bond donors (Lipinski definition) is 0. The fourth-order valence-corrected chi connectivity index (χ4v) is 8.26.